The zero-order valence-corrected chi connectivity index (χ0v) is 36.5. The van der Waals surface area contributed by atoms with Crippen molar-refractivity contribution < 1.29 is 0 Å². The molecule has 65 heavy (non-hydrogen) atoms. The molecule has 0 saturated carbocycles. The van der Waals surface area contributed by atoms with Crippen molar-refractivity contribution in [3.63, 3.8) is 0 Å². The van der Waals surface area contributed by atoms with Gasteiger partial charge in [0.05, 0.1) is 33.5 Å². The van der Waals surface area contributed by atoms with Gasteiger partial charge in [-0.05, 0) is 103 Å². The number of aryl methyl sites for hydroxylation is 3. The van der Waals surface area contributed by atoms with E-state index in [2.05, 4.69) is 242 Å². The first-order valence-corrected chi connectivity index (χ1v) is 22.3. The standard InChI is InChI=1S/C61H44N4/c1-39-16-20-45(21-17-39)55-38-56(63-61(62-55)46-22-18-40(2)19-23-46)50-34-30-47(36-41(50)3)44-26-24-42(25-27-44)43-28-31-48(32-29-43)64-59-15-9-6-12-53(59)54-37-49(33-35-60(54)64)65-57-13-7-4-10-51(57)52-11-5-8-14-58(52)65/h4-38H,1-3H3. The SMILES string of the molecule is Cc1ccc(-c2cc(-c3ccc(-c4ccc(-c5ccc(-n6c7ccccc7c7cc(-n8c9ccccc9c9ccccc98)ccc76)cc5)cc4)cc3C)nc(-c3ccc(C)cc3)n2)cc1. The van der Waals surface area contributed by atoms with Crippen LogP contribution in [-0.2, 0) is 0 Å². The van der Waals surface area contributed by atoms with Gasteiger partial charge in [0.25, 0.3) is 0 Å². The number of hydrogen-bond donors (Lipinski definition) is 0. The van der Waals surface area contributed by atoms with E-state index in [1.165, 1.54) is 82.6 Å². The summed E-state index contributed by atoms with van der Waals surface area (Å²) >= 11 is 0. The Hall–Kier alpha value is -8.34. The second-order valence-electron chi connectivity index (χ2n) is 17.3. The molecule has 0 fully saturated rings. The average Bonchev–Trinajstić information content (AvgIpc) is 3.87. The Balaban J connectivity index is 0.844. The molecule has 0 saturated heterocycles. The fourth-order valence-corrected chi connectivity index (χ4v) is 9.66. The summed E-state index contributed by atoms with van der Waals surface area (Å²) in [6.45, 7) is 6.39. The molecule has 308 valence electrons. The van der Waals surface area contributed by atoms with Gasteiger partial charge in [0.1, 0.15) is 0 Å². The lowest BCUT2D eigenvalue weighted by atomic mass is 9.96. The molecule has 3 heterocycles. The molecule has 0 radical (unpaired) electrons. The summed E-state index contributed by atoms with van der Waals surface area (Å²) in [7, 11) is 0. The molecule has 4 nitrogen and oxygen atoms in total. The van der Waals surface area contributed by atoms with Crippen LogP contribution in [0.4, 0.5) is 0 Å². The summed E-state index contributed by atoms with van der Waals surface area (Å²) in [5, 5.41) is 5.01. The van der Waals surface area contributed by atoms with E-state index in [9.17, 15) is 0 Å². The smallest absolute Gasteiger partial charge is 0.160 e. The summed E-state index contributed by atoms with van der Waals surface area (Å²) in [6, 6.07) is 76.8. The third-order valence-corrected chi connectivity index (χ3v) is 13.1. The zero-order valence-electron chi connectivity index (χ0n) is 36.5. The van der Waals surface area contributed by atoms with Crippen LogP contribution < -0.4 is 0 Å². The number of fused-ring (bicyclic) bond motifs is 6. The van der Waals surface area contributed by atoms with Crippen LogP contribution in [-0.4, -0.2) is 19.1 Å². The van der Waals surface area contributed by atoms with E-state index in [1.807, 2.05) is 0 Å². The first-order valence-electron chi connectivity index (χ1n) is 22.3. The van der Waals surface area contributed by atoms with Crippen LogP contribution in [0.5, 0.6) is 0 Å². The molecule has 0 aliphatic rings. The Kier molecular flexibility index (Phi) is 9.13. The molecule has 0 atom stereocenters. The summed E-state index contributed by atoms with van der Waals surface area (Å²) in [4.78, 5) is 10.2. The van der Waals surface area contributed by atoms with Crippen LogP contribution in [0.3, 0.4) is 0 Å². The second kappa shape index (κ2) is 15.5. The molecule has 0 spiro atoms. The van der Waals surface area contributed by atoms with Gasteiger partial charge in [-0.25, -0.2) is 9.97 Å². The van der Waals surface area contributed by atoms with Gasteiger partial charge in [0.15, 0.2) is 5.82 Å². The summed E-state index contributed by atoms with van der Waals surface area (Å²) < 4.78 is 4.80. The Morgan fingerprint density at radius 3 is 1.32 bits per heavy atom. The Bertz CT molecular complexity index is 3640. The predicted octanol–water partition coefficient (Wildman–Crippen LogP) is 15.9. The maximum absolute atomic E-state index is 5.12. The molecule has 0 aliphatic heterocycles. The van der Waals surface area contributed by atoms with Crippen LogP contribution in [0, 0.1) is 20.8 Å². The lowest BCUT2D eigenvalue weighted by molar-refractivity contribution is 1.17. The van der Waals surface area contributed by atoms with E-state index >= 15 is 0 Å². The largest absolute Gasteiger partial charge is 0.309 e. The fourth-order valence-electron chi connectivity index (χ4n) is 9.66. The van der Waals surface area contributed by atoms with Gasteiger partial charge in [0, 0.05) is 49.6 Å². The first-order chi connectivity index (χ1) is 31.9. The van der Waals surface area contributed by atoms with Crippen LogP contribution >= 0.6 is 0 Å². The molecule has 3 aromatic heterocycles. The van der Waals surface area contributed by atoms with Gasteiger partial charge in [-0.15, -0.1) is 0 Å². The van der Waals surface area contributed by atoms with Crippen molar-refractivity contribution in [2.75, 3.05) is 0 Å². The molecule has 12 rings (SSSR count). The number of hydrogen-bond acceptors (Lipinski definition) is 2. The van der Waals surface area contributed by atoms with E-state index in [1.54, 1.807) is 0 Å². The third kappa shape index (κ3) is 6.70. The molecule has 0 unspecified atom stereocenters. The maximum Gasteiger partial charge on any atom is 0.160 e. The molecule has 0 amide bonds. The normalized spacial score (nSPS) is 11.6. The number of benzene rings is 9. The molecule has 0 N–H and O–H groups in total. The van der Waals surface area contributed by atoms with Gasteiger partial charge in [0.2, 0.25) is 0 Å². The van der Waals surface area contributed by atoms with Crippen molar-refractivity contribution in [3.05, 3.63) is 229 Å². The summed E-state index contributed by atoms with van der Waals surface area (Å²) in [6.07, 6.45) is 0. The van der Waals surface area contributed by atoms with E-state index in [0.29, 0.717) is 0 Å². The monoisotopic (exact) mass is 832 g/mol. The highest BCUT2D eigenvalue weighted by atomic mass is 15.0. The molecule has 9 aromatic carbocycles. The van der Waals surface area contributed by atoms with Crippen molar-refractivity contribution in [1.82, 2.24) is 19.1 Å². The minimum Gasteiger partial charge on any atom is -0.309 e. The summed E-state index contributed by atoms with van der Waals surface area (Å²) in [5.41, 5.74) is 20.4. The van der Waals surface area contributed by atoms with Crippen LogP contribution in [0.1, 0.15) is 16.7 Å². The molecule has 4 heteroatoms. The molecular formula is C61H44N4. The Morgan fingerprint density at radius 2 is 0.738 bits per heavy atom. The molecule has 0 aliphatic carbocycles. The molecule has 0 bridgehead atoms. The topological polar surface area (TPSA) is 35.6 Å². The van der Waals surface area contributed by atoms with Crippen molar-refractivity contribution in [1.29, 1.82) is 0 Å². The Morgan fingerprint density at radius 1 is 0.308 bits per heavy atom. The molecular weight excluding hydrogens is 789 g/mol. The van der Waals surface area contributed by atoms with E-state index in [4.69, 9.17) is 9.97 Å². The number of para-hydroxylation sites is 3. The highest BCUT2D eigenvalue weighted by Gasteiger charge is 2.17. The van der Waals surface area contributed by atoms with Crippen LogP contribution in [0.2, 0.25) is 0 Å². The lowest BCUT2D eigenvalue weighted by Gasteiger charge is -2.13. The lowest BCUT2D eigenvalue weighted by Crippen LogP contribution is -1.97. The highest BCUT2D eigenvalue weighted by molar-refractivity contribution is 6.12. The maximum atomic E-state index is 5.12. The van der Waals surface area contributed by atoms with Gasteiger partial charge >= 0.3 is 0 Å². The average molecular weight is 833 g/mol. The van der Waals surface area contributed by atoms with Crippen molar-refractivity contribution >= 4 is 43.6 Å². The highest BCUT2D eigenvalue weighted by Crippen LogP contribution is 2.38. The Labute approximate surface area is 378 Å². The van der Waals surface area contributed by atoms with Gasteiger partial charge in [-0.3, -0.25) is 0 Å². The molecule has 12 aromatic rings. The minimum atomic E-state index is 0.727. The van der Waals surface area contributed by atoms with Crippen molar-refractivity contribution in [3.8, 4) is 67.5 Å². The van der Waals surface area contributed by atoms with E-state index in [-0.39, 0.29) is 0 Å². The van der Waals surface area contributed by atoms with E-state index < -0.39 is 0 Å². The van der Waals surface area contributed by atoms with Gasteiger partial charge in [-0.1, -0.05) is 169 Å². The zero-order chi connectivity index (χ0) is 43.6. The van der Waals surface area contributed by atoms with Crippen molar-refractivity contribution in [2.45, 2.75) is 20.8 Å². The minimum absolute atomic E-state index is 0.727. The first kappa shape index (κ1) is 38.3. The van der Waals surface area contributed by atoms with Gasteiger partial charge in [-0.2, -0.15) is 0 Å². The quantitative estimate of drug-likeness (QED) is 0.160. The summed E-state index contributed by atoms with van der Waals surface area (Å²) in [5.74, 6) is 0.727. The van der Waals surface area contributed by atoms with Crippen LogP contribution in [0.25, 0.3) is 111 Å². The number of rotatable bonds is 7. The third-order valence-electron chi connectivity index (χ3n) is 13.1. The van der Waals surface area contributed by atoms with E-state index in [0.717, 1.165) is 45.3 Å². The fraction of sp³-hybridized carbons (Fsp3) is 0.0492. The number of nitrogens with zero attached hydrogens (tertiary/aromatic N) is 4. The second-order valence-corrected chi connectivity index (χ2v) is 17.3. The van der Waals surface area contributed by atoms with Gasteiger partial charge < -0.3 is 9.13 Å². The van der Waals surface area contributed by atoms with Crippen LogP contribution in [0.15, 0.2) is 212 Å². The van der Waals surface area contributed by atoms with Crippen molar-refractivity contribution in [2.24, 2.45) is 0 Å². The predicted molar refractivity (Wildman–Crippen MR) is 272 cm³/mol. The number of aromatic nitrogens is 4.